The maximum atomic E-state index is 9.97. The third-order valence-electron chi connectivity index (χ3n) is 6.66. The summed E-state index contributed by atoms with van der Waals surface area (Å²) in [5.74, 6) is 1.53. The van der Waals surface area contributed by atoms with Gasteiger partial charge in [-0.05, 0) is 82.0 Å². The van der Waals surface area contributed by atoms with Gasteiger partial charge in [-0.3, -0.25) is 0 Å². The molecule has 2 aliphatic heterocycles. The predicted octanol–water partition coefficient (Wildman–Crippen LogP) is 3.16. The molecule has 0 radical (unpaired) electrons. The fourth-order valence-electron chi connectivity index (χ4n) is 5.07. The van der Waals surface area contributed by atoms with Crippen LogP contribution in [-0.2, 0) is 0 Å². The fourth-order valence-corrected chi connectivity index (χ4v) is 5.07. The van der Waals surface area contributed by atoms with Crippen molar-refractivity contribution in [2.75, 3.05) is 32.8 Å². The van der Waals surface area contributed by atoms with Crippen molar-refractivity contribution >= 4 is 0 Å². The zero-order chi connectivity index (χ0) is 18.2. The highest BCUT2D eigenvalue weighted by molar-refractivity contribution is 5.36. The Kier molecular flexibility index (Phi) is 5.02. The van der Waals surface area contributed by atoms with Crippen LogP contribution in [0.3, 0.4) is 0 Å². The molecule has 0 bridgehead atoms. The molecule has 4 heteroatoms. The zero-order valence-corrected chi connectivity index (χ0v) is 16.3. The molecule has 1 spiro atoms. The SMILES string of the molecule is CC(C)(O)COc1ccccc1C1CCN([C@@H]2CCC3(CNC3)C2)CC1. The Balaban J connectivity index is 1.35. The van der Waals surface area contributed by atoms with E-state index in [2.05, 4.69) is 28.4 Å². The molecule has 1 aliphatic carbocycles. The highest BCUT2D eigenvalue weighted by Gasteiger charge is 2.45. The quantitative estimate of drug-likeness (QED) is 0.849. The van der Waals surface area contributed by atoms with Crippen molar-refractivity contribution in [3.05, 3.63) is 29.8 Å². The van der Waals surface area contributed by atoms with Crippen LogP contribution in [0.15, 0.2) is 24.3 Å². The Hall–Kier alpha value is -1.10. The lowest BCUT2D eigenvalue weighted by Crippen LogP contribution is -2.52. The molecule has 1 atom stereocenters. The molecular formula is C22H34N2O2. The van der Waals surface area contributed by atoms with E-state index in [1.54, 1.807) is 13.8 Å². The number of benzene rings is 1. The first-order valence-corrected chi connectivity index (χ1v) is 10.3. The maximum absolute atomic E-state index is 9.97. The Bertz CT molecular complexity index is 613. The van der Waals surface area contributed by atoms with E-state index in [-0.39, 0.29) is 0 Å². The second kappa shape index (κ2) is 7.14. The molecule has 2 saturated heterocycles. The van der Waals surface area contributed by atoms with Gasteiger partial charge in [0, 0.05) is 19.1 Å². The van der Waals surface area contributed by atoms with Crippen molar-refractivity contribution in [2.45, 2.75) is 63.5 Å². The van der Waals surface area contributed by atoms with Crippen LogP contribution < -0.4 is 10.1 Å². The minimum Gasteiger partial charge on any atom is -0.490 e. The molecule has 2 heterocycles. The van der Waals surface area contributed by atoms with Crippen LogP contribution in [-0.4, -0.2) is 54.4 Å². The number of ether oxygens (including phenoxy) is 1. The van der Waals surface area contributed by atoms with Crippen molar-refractivity contribution in [2.24, 2.45) is 5.41 Å². The molecule has 4 rings (SSSR count). The standard InChI is InChI=1S/C22H34N2O2/c1-21(2,25)16-26-20-6-4-3-5-19(20)17-8-11-24(12-9-17)18-7-10-22(13-18)14-23-15-22/h3-6,17-18,23,25H,7-16H2,1-2H3/t18-/m1/s1. The van der Waals surface area contributed by atoms with Gasteiger partial charge in [-0.2, -0.15) is 0 Å². The lowest BCUT2D eigenvalue weighted by molar-refractivity contribution is 0.0278. The summed E-state index contributed by atoms with van der Waals surface area (Å²) in [6.45, 7) is 8.82. The Morgan fingerprint density at radius 1 is 1.19 bits per heavy atom. The van der Waals surface area contributed by atoms with Crippen LogP contribution in [0.5, 0.6) is 5.75 Å². The Labute approximate surface area is 157 Å². The highest BCUT2D eigenvalue weighted by Crippen LogP contribution is 2.44. The number of nitrogens with one attached hydrogen (secondary N) is 1. The van der Waals surface area contributed by atoms with Crippen LogP contribution in [0.1, 0.15) is 57.4 Å². The van der Waals surface area contributed by atoms with Gasteiger partial charge in [-0.15, -0.1) is 0 Å². The molecule has 3 aliphatic rings. The first kappa shape index (κ1) is 18.3. The van der Waals surface area contributed by atoms with Crippen LogP contribution in [0, 0.1) is 5.41 Å². The summed E-state index contributed by atoms with van der Waals surface area (Å²) < 4.78 is 5.96. The molecule has 0 aromatic heterocycles. The van der Waals surface area contributed by atoms with Crippen molar-refractivity contribution in [3.63, 3.8) is 0 Å². The fraction of sp³-hybridized carbons (Fsp3) is 0.727. The smallest absolute Gasteiger partial charge is 0.122 e. The van der Waals surface area contributed by atoms with Crippen LogP contribution in [0.2, 0.25) is 0 Å². The number of rotatable bonds is 5. The number of likely N-dealkylation sites (tertiary alicyclic amines) is 1. The molecule has 0 unspecified atom stereocenters. The predicted molar refractivity (Wildman–Crippen MR) is 105 cm³/mol. The second-order valence-electron chi connectivity index (χ2n) is 9.45. The number of hydrogen-bond donors (Lipinski definition) is 2. The van der Waals surface area contributed by atoms with Gasteiger partial charge >= 0.3 is 0 Å². The molecule has 4 nitrogen and oxygen atoms in total. The van der Waals surface area contributed by atoms with Crippen molar-refractivity contribution < 1.29 is 9.84 Å². The molecule has 1 aromatic carbocycles. The third-order valence-corrected chi connectivity index (χ3v) is 6.66. The third kappa shape index (κ3) is 3.92. The topological polar surface area (TPSA) is 44.7 Å². The van der Waals surface area contributed by atoms with E-state index < -0.39 is 5.60 Å². The van der Waals surface area contributed by atoms with Gasteiger partial charge in [0.25, 0.3) is 0 Å². The largest absolute Gasteiger partial charge is 0.490 e. The van der Waals surface area contributed by atoms with Crippen LogP contribution >= 0.6 is 0 Å². The van der Waals surface area contributed by atoms with E-state index in [4.69, 9.17) is 4.74 Å². The zero-order valence-electron chi connectivity index (χ0n) is 16.3. The molecule has 1 aromatic rings. The lowest BCUT2D eigenvalue weighted by atomic mass is 9.80. The summed E-state index contributed by atoms with van der Waals surface area (Å²) in [6.07, 6.45) is 6.63. The average Bonchev–Trinajstić information content (AvgIpc) is 3.06. The summed E-state index contributed by atoms with van der Waals surface area (Å²) in [4.78, 5) is 2.75. The van der Waals surface area contributed by atoms with E-state index in [9.17, 15) is 5.11 Å². The van der Waals surface area contributed by atoms with Crippen molar-refractivity contribution in [3.8, 4) is 5.75 Å². The minimum atomic E-state index is -0.800. The molecule has 26 heavy (non-hydrogen) atoms. The Morgan fingerprint density at radius 3 is 2.54 bits per heavy atom. The van der Waals surface area contributed by atoms with Gasteiger partial charge in [0.05, 0.1) is 5.60 Å². The van der Waals surface area contributed by atoms with E-state index in [0.717, 1.165) is 11.8 Å². The number of hydrogen-bond acceptors (Lipinski definition) is 4. The monoisotopic (exact) mass is 358 g/mol. The van der Waals surface area contributed by atoms with Gasteiger partial charge in [-0.25, -0.2) is 0 Å². The van der Waals surface area contributed by atoms with Crippen molar-refractivity contribution in [1.29, 1.82) is 0 Å². The van der Waals surface area contributed by atoms with Crippen LogP contribution in [0.25, 0.3) is 0 Å². The normalized spacial score (nSPS) is 26.8. The second-order valence-corrected chi connectivity index (χ2v) is 9.45. The van der Waals surface area contributed by atoms with Crippen molar-refractivity contribution in [1.82, 2.24) is 10.2 Å². The maximum Gasteiger partial charge on any atom is 0.122 e. The first-order valence-electron chi connectivity index (χ1n) is 10.3. The van der Waals surface area contributed by atoms with Gasteiger partial charge in [0.2, 0.25) is 0 Å². The van der Waals surface area contributed by atoms with Gasteiger partial charge in [-0.1, -0.05) is 18.2 Å². The van der Waals surface area contributed by atoms with E-state index in [1.807, 2.05) is 6.07 Å². The highest BCUT2D eigenvalue weighted by atomic mass is 16.5. The Morgan fingerprint density at radius 2 is 1.92 bits per heavy atom. The van der Waals surface area contributed by atoms with Gasteiger partial charge < -0.3 is 20.1 Å². The minimum absolute atomic E-state index is 0.334. The summed E-state index contributed by atoms with van der Waals surface area (Å²) in [5.41, 5.74) is 1.16. The molecular weight excluding hydrogens is 324 g/mol. The first-order chi connectivity index (χ1) is 12.4. The summed E-state index contributed by atoms with van der Waals surface area (Å²) in [7, 11) is 0. The van der Waals surface area contributed by atoms with E-state index in [0.29, 0.717) is 17.9 Å². The van der Waals surface area contributed by atoms with Crippen LogP contribution in [0.4, 0.5) is 0 Å². The number of aliphatic hydroxyl groups is 1. The average molecular weight is 359 g/mol. The molecule has 144 valence electrons. The number of para-hydroxylation sites is 1. The number of piperidine rings is 1. The van der Waals surface area contributed by atoms with E-state index in [1.165, 1.54) is 63.8 Å². The van der Waals surface area contributed by atoms with E-state index >= 15 is 0 Å². The molecule has 2 N–H and O–H groups in total. The number of nitrogens with zero attached hydrogens (tertiary/aromatic N) is 1. The van der Waals surface area contributed by atoms with Gasteiger partial charge in [0.15, 0.2) is 0 Å². The molecule has 1 saturated carbocycles. The molecule has 3 fully saturated rings. The summed E-state index contributed by atoms with van der Waals surface area (Å²) >= 11 is 0. The van der Waals surface area contributed by atoms with Gasteiger partial charge in [0.1, 0.15) is 12.4 Å². The summed E-state index contributed by atoms with van der Waals surface area (Å²) in [6, 6.07) is 9.22. The summed E-state index contributed by atoms with van der Waals surface area (Å²) in [5, 5.41) is 13.4. The lowest BCUT2D eigenvalue weighted by Gasteiger charge is -2.41. The molecule has 0 amide bonds.